The molecule has 0 aliphatic heterocycles. The molecule has 2 aromatic rings. The normalized spacial score (nSPS) is 9.58. The Morgan fingerprint density at radius 1 is 1.00 bits per heavy atom. The number of rotatable bonds is 5. The Labute approximate surface area is 144 Å². The van der Waals surface area contributed by atoms with Crippen molar-refractivity contribution in [3.63, 3.8) is 0 Å². The van der Waals surface area contributed by atoms with Crippen molar-refractivity contribution in [2.75, 3.05) is 7.11 Å². The summed E-state index contributed by atoms with van der Waals surface area (Å²) in [5.41, 5.74) is 2.42. The number of aliphatic carboxylic acids is 2. The summed E-state index contributed by atoms with van der Waals surface area (Å²) < 4.78 is 5.12. The summed E-state index contributed by atoms with van der Waals surface area (Å²) in [6, 6.07) is 15.9. The summed E-state index contributed by atoms with van der Waals surface area (Å²) in [5, 5.41) is 18.9. The van der Waals surface area contributed by atoms with Crippen molar-refractivity contribution in [3.05, 3.63) is 64.7 Å². The molecule has 0 aliphatic carbocycles. The summed E-state index contributed by atoms with van der Waals surface area (Å²) in [6.07, 6.45) is 0. The lowest BCUT2D eigenvalue weighted by atomic mass is 10.2. The van der Waals surface area contributed by atoms with E-state index in [2.05, 4.69) is 23.5 Å². The molecule has 128 valence electrons. The summed E-state index contributed by atoms with van der Waals surface area (Å²) >= 11 is 5.93. The molecule has 0 saturated heterocycles. The number of nitrogens with one attached hydrogen (secondary N) is 1. The maximum absolute atomic E-state index is 9.10. The first-order chi connectivity index (χ1) is 11.4. The average Bonchev–Trinajstić information content (AvgIpc) is 2.56. The second-order valence-corrected chi connectivity index (χ2v) is 5.13. The molecule has 0 bridgehead atoms. The van der Waals surface area contributed by atoms with Crippen LogP contribution in [0.15, 0.2) is 48.5 Å². The predicted molar refractivity (Wildman–Crippen MR) is 90.3 cm³/mol. The van der Waals surface area contributed by atoms with Crippen LogP contribution >= 0.6 is 11.6 Å². The van der Waals surface area contributed by atoms with Crippen LogP contribution in [0.2, 0.25) is 5.02 Å². The van der Waals surface area contributed by atoms with Crippen LogP contribution in [0, 0.1) is 0 Å². The molecule has 0 radical (unpaired) electrons. The number of hydrogen-bond donors (Lipinski definition) is 3. The first kappa shape index (κ1) is 19.5. The molecule has 0 aliphatic rings. The number of benzene rings is 2. The van der Waals surface area contributed by atoms with Crippen LogP contribution in [0.1, 0.15) is 11.1 Å². The monoisotopic (exact) mass is 351 g/mol. The Hall–Kier alpha value is -2.57. The highest BCUT2D eigenvalue weighted by atomic mass is 35.5. The summed E-state index contributed by atoms with van der Waals surface area (Å²) in [4.78, 5) is 18.2. The smallest absolute Gasteiger partial charge is 0.414 e. The van der Waals surface area contributed by atoms with Gasteiger partial charge in [-0.1, -0.05) is 35.9 Å². The number of halogens is 1. The van der Waals surface area contributed by atoms with Crippen LogP contribution in [0.4, 0.5) is 0 Å². The molecule has 0 spiro atoms. The quantitative estimate of drug-likeness (QED) is 0.717. The molecule has 2 aromatic carbocycles. The van der Waals surface area contributed by atoms with Gasteiger partial charge in [-0.25, -0.2) is 9.59 Å². The lowest BCUT2D eigenvalue weighted by Gasteiger charge is -2.06. The molecule has 3 N–H and O–H groups in total. The van der Waals surface area contributed by atoms with E-state index in [1.165, 1.54) is 11.1 Å². The Balaban J connectivity index is 0.000000413. The van der Waals surface area contributed by atoms with Gasteiger partial charge in [0.15, 0.2) is 0 Å². The number of carbonyl (C=O) groups is 2. The van der Waals surface area contributed by atoms with Crippen LogP contribution in [-0.4, -0.2) is 29.3 Å². The van der Waals surface area contributed by atoms with E-state index >= 15 is 0 Å². The van der Waals surface area contributed by atoms with Crippen molar-refractivity contribution in [1.82, 2.24) is 5.32 Å². The maximum atomic E-state index is 9.10. The minimum atomic E-state index is -1.82. The molecular formula is C17H18ClNO5. The highest BCUT2D eigenvalue weighted by Gasteiger charge is 2.04. The lowest BCUT2D eigenvalue weighted by Crippen LogP contribution is -2.12. The van der Waals surface area contributed by atoms with E-state index in [9.17, 15) is 0 Å². The van der Waals surface area contributed by atoms with Gasteiger partial charge in [-0.3, -0.25) is 0 Å². The van der Waals surface area contributed by atoms with Gasteiger partial charge < -0.3 is 20.3 Å². The largest absolute Gasteiger partial charge is 0.497 e. The van der Waals surface area contributed by atoms with Gasteiger partial charge in [-0.2, -0.15) is 0 Å². The molecule has 0 heterocycles. The zero-order valence-electron chi connectivity index (χ0n) is 13.0. The Kier molecular flexibility index (Phi) is 8.32. The topological polar surface area (TPSA) is 95.9 Å². The maximum Gasteiger partial charge on any atom is 0.414 e. The third-order valence-electron chi connectivity index (χ3n) is 2.89. The van der Waals surface area contributed by atoms with Gasteiger partial charge in [0, 0.05) is 18.1 Å². The molecule has 0 fully saturated rings. The van der Waals surface area contributed by atoms with Gasteiger partial charge in [0.1, 0.15) is 5.75 Å². The number of methoxy groups -OCH3 is 1. The zero-order chi connectivity index (χ0) is 17.9. The summed E-state index contributed by atoms with van der Waals surface area (Å²) in [7, 11) is 1.67. The van der Waals surface area contributed by atoms with Crippen molar-refractivity contribution < 1.29 is 24.5 Å². The van der Waals surface area contributed by atoms with Crippen LogP contribution in [0.5, 0.6) is 5.75 Å². The molecule has 7 heteroatoms. The predicted octanol–water partition coefficient (Wildman–Crippen LogP) is 2.79. The standard InChI is InChI=1S/C15H16ClNO.C2H2O4/c1-18-15-7-5-12(6-8-15)10-17-11-13-3-2-4-14(16)9-13;3-1(4)2(5)6/h2-9,17H,10-11H2,1H3;(H,3,4)(H,5,6). The third-order valence-corrected chi connectivity index (χ3v) is 3.12. The fraction of sp³-hybridized carbons (Fsp3) is 0.176. The molecule has 24 heavy (non-hydrogen) atoms. The SMILES string of the molecule is COc1ccc(CNCc2cccc(Cl)c2)cc1.O=C(O)C(=O)O. The van der Waals surface area contributed by atoms with E-state index in [1.54, 1.807) is 7.11 Å². The molecule has 0 aromatic heterocycles. The van der Waals surface area contributed by atoms with Crippen molar-refractivity contribution in [1.29, 1.82) is 0 Å². The van der Waals surface area contributed by atoms with Gasteiger partial charge in [0.2, 0.25) is 0 Å². The fourth-order valence-corrected chi connectivity index (χ4v) is 1.95. The van der Waals surface area contributed by atoms with Crippen LogP contribution in [-0.2, 0) is 22.7 Å². The highest BCUT2D eigenvalue weighted by Crippen LogP contribution is 2.12. The number of hydrogen-bond acceptors (Lipinski definition) is 4. The van der Waals surface area contributed by atoms with Crippen LogP contribution < -0.4 is 10.1 Å². The Morgan fingerprint density at radius 2 is 1.58 bits per heavy atom. The van der Waals surface area contributed by atoms with Crippen molar-refractivity contribution in [3.8, 4) is 5.75 Å². The van der Waals surface area contributed by atoms with E-state index < -0.39 is 11.9 Å². The minimum absolute atomic E-state index is 0.777. The Morgan fingerprint density at radius 3 is 2.08 bits per heavy atom. The number of carboxylic acids is 2. The number of ether oxygens (including phenoxy) is 1. The average molecular weight is 352 g/mol. The van der Waals surface area contributed by atoms with Gasteiger partial charge in [-0.15, -0.1) is 0 Å². The van der Waals surface area contributed by atoms with Gasteiger partial charge >= 0.3 is 11.9 Å². The molecule has 0 atom stereocenters. The lowest BCUT2D eigenvalue weighted by molar-refractivity contribution is -0.159. The molecule has 0 unspecified atom stereocenters. The second-order valence-electron chi connectivity index (χ2n) is 4.69. The van der Waals surface area contributed by atoms with Crippen molar-refractivity contribution >= 4 is 23.5 Å². The van der Waals surface area contributed by atoms with E-state index in [0.717, 1.165) is 23.9 Å². The first-order valence-electron chi connectivity index (χ1n) is 6.96. The van der Waals surface area contributed by atoms with Crippen molar-refractivity contribution in [2.24, 2.45) is 0 Å². The van der Waals surface area contributed by atoms with E-state index in [4.69, 9.17) is 36.1 Å². The summed E-state index contributed by atoms with van der Waals surface area (Å²) in [6.45, 7) is 1.64. The highest BCUT2D eigenvalue weighted by molar-refractivity contribution is 6.30. The fourth-order valence-electron chi connectivity index (χ4n) is 1.74. The van der Waals surface area contributed by atoms with Crippen LogP contribution in [0.25, 0.3) is 0 Å². The first-order valence-corrected chi connectivity index (χ1v) is 7.34. The van der Waals surface area contributed by atoms with Gasteiger partial charge in [0.25, 0.3) is 0 Å². The van der Waals surface area contributed by atoms with E-state index in [0.29, 0.717) is 0 Å². The molecular weight excluding hydrogens is 334 g/mol. The molecule has 6 nitrogen and oxygen atoms in total. The third kappa shape index (κ3) is 7.62. The van der Waals surface area contributed by atoms with Crippen molar-refractivity contribution in [2.45, 2.75) is 13.1 Å². The second kappa shape index (κ2) is 10.3. The summed E-state index contributed by atoms with van der Waals surface area (Å²) in [5.74, 6) is -2.77. The van der Waals surface area contributed by atoms with E-state index in [1.807, 2.05) is 30.3 Å². The zero-order valence-corrected chi connectivity index (χ0v) is 13.8. The Bertz CT molecular complexity index is 661. The van der Waals surface area contributed by atoms with E-state index in [-0.39, 0.29) is 0 Å². The minimum Gasteiger partial charge on any atom is -0.497 e. The molecule has 0 saturated carbocycles. The molecule has 2 rings (SSSR count). The van der Waals surface area contributed by atoms with Gasteiger partial charge in [0.05, 0.1) is 7.11 Å². The van der Waals surface area contributed by atoms with Gasteiger partial charge in [-0.05, 0) is 35.4 Å². The number of carboxylic acid groups (broad SMARTS) is 2. The van der Waals surface area contributed by atoms with Crippen LogP contribution in [0.3, 0.4) is 0 Å². The molecule has 0 amide bonds.